The number of hydrogen-bond acceptors (Lipinski definition) is 9. The van der Waals surface area contributed by atoms with Crippen molar-refractivity contribution in [3.63, 3.8) is 0 Å². The molecule has 3 aromatic carbocycles. The van der Waals surface area contributed by atoms with Crippen LogP contribution in [0.4, 0.5) is 5.69 Å². The van der Waals surface area contributed by atoms with Crippen LogP contribution in [0.1, 0.15) is 29.9 Å². The molecule has 1 aliphatic heterocycles. The first-order valence-corrected chi connectivity index (χ1v) is 14.5. The second kappa shape index (κ2) is 12.0. The summed E-state index contributed by atoms with van der Waals surface area (Å²) < 4.78 is 18.8. The van der Waals surface area contributed by atoms with Gasteiger partial charge in [0.1, 0.15) is 17.3 Å². The van der Waals surface area contributed by atoms with Crippen LogP contribution in [0.2, 0.25) is 0 Å². The summed E-state index contributed by atoms with van der Waals surface area (Å²) in [7, 11) is 1.55. The first-order chi connectivity index (χ1) is 21.4. The van der Waals surface area contributed by atoms with Gasteiger partial charge in [-0.3, -0.25) is 19.5 Å². The first kappa shape index (κ1) is 28.6. The zero-order chi connectivity index (χ0) is 30.8. The number of methoxy groups -OCH3 is 1. The van der Waals surface area contributed by atoms with Crippen molar-refractivity contribution < 1.29 is 23.6 Å². The van der Waals surface area contributed by atoms with Crippen molar-refractivity contribution in [2.75, 3.05) is 13.7 Å². The summed E-state index contributed by atoms with van der Waals surface area (Å²) in [6.45, 7) is 1.87. The Morgan fingerprint density at radius 1 is 1.05 bits per heavy atom. The lowest BCUT2D eigenvalue weighted by molar-refractivity contribution is -0.384. The zero-order valence-electron chi connectivity index (χ0n) is 23.6. The van der Waals surface area contributed by atoms with Gasteiger partial charge < -0.3 is 13.9 Å². The number of carbonyl (C=O) groups is 1. The summed E-state index contributed by atoms with van der Waals surface area (Å²) in [5.74, 6) is 0.778. The van der Waals surface area contributed by atoms with Gasteiger partial charge >= 0.3 is 5.97 Å². The third kappa shape index (κ3) is 5.36. The van der Waals surface area contributed by atoms with Gasteiger partial charge in [0.15, 0.2) is 4.80 Å². The van der Waals surface area contributed by atoms with E-state index in [1.807, 2.05) is 36.4 Å². The van der Waals surface area contributed by atoms with E-state index in [0.717, 1.165) is 11.3 Å². The molecule has 0 spiro atoms. The van der Waals surface area contributed by atoms with Crippen LogP contribution in [0.15, 0.2) is 111 Å². The predicted octanol–water partition coefficient (Wildman–Crippen LogP) is 5.11. The fourth-order valence-electron chi connectivity index (χ4n) is 5.05. The summed E-state index contributed by atoms with van der Waals surface area (Å²) >= 11 is 1.16. The minimum atomic E-state index is -0.852. The van der Waals surface area contributed by atoms with Gasteiger partial charge in [0.05, 0.1) is 40.5 Å². The van der Waals surface area contributed by atoms with Gasteiger partial charge in [-0.15, -0.1) is 0 Å². The number of non-ortho nitro benzene ring substituents is 1. The molecule has 2 aromatic heterocycles. The molecule has 1 aliphatic rings. The van der Waals surface area contributed by atoms with E-state index < -0.39 is 16.9 Å². The Morgan fingerprint density at radius 2 is 1.82 bits per heavy atom. The van der Waals surface area contributed by atoms with E-state index in [1.165, 1.54) is 16.7 Å². The average Bonchev–Trinajstić information content (AvgIpc) is 3.64. The van der Waals surface area contributed by atoms with E-state index in [2.05, 4.69) is 0 Å². The fraction of sp³-hybridized carbons (Fsp3) is 0.121. The Bertz CT molecular complexity index is 2110. The number of hydrogen-bond donors (Lipinski definition) is 0. The van der Waals surface area contributed by atoms with Crippen molar-refractivity contribution in [1.29, 1.82) is 0 Å². The Hall–Kier alpha value is -5.55. The highest BCUT2D eigenvalue weighted by Gasteiger charge is 2.35. The smallest absolute Gasteiger partial charge is 0.338 e. The van der Waals surface area contributed by atoms with Gasteiger partial charge in [-0.1, -0.05) is 65.9 Å². The summed E-state index contributed by atoms with van der Waals surface area (Å²) in [5.41, 5.74) is 2.10. The lowest BCUT2D eigenvalue weighted by Gasteiger charge is -2.26. The molecule has 10 nitrogen and oxygen atoms in total. The van der Waals surface area contributed by atoms with Crippen LogP contribution >= 0.6 is 11.3 Å². The monoisotopic (exact) mass is 607 g/mol. The number of nitro benzene ring substituents is 1. The van der Waals surface area contributed by atoms with Crippen LogP contribution in [0.3, 0.4) is 0 Å². The predicted molar refractivity (Wildman–Crippen MR) is 165 cm³/mol. The van der Waals surface area contributed by atoms with E-state index in [9.17, 15) is 19.7 Å². The third-order valence-corrected chi connectivity index (χ3v) is 8.01. The number of benzene rings is 3. The topological polar surface area (TPSA) is 126 Å². The van der Waals surface area contributed by atoms with Crippen LogP contribution in [0.5, 0.6) is 5.75 Å². The van der Waals surface area contributed by atoms with Crippen molar-refractivity contribution in [1.82, 2.24) is 4.57 Å². The standard InChI is InChI=1S/C33H25N3O7S/c1-3-42-32(38)28-29(20-9-5-4-6-10-20)34-33-35(30(28)22-12-8-14-24(18-22)41-2)31(37)27(44-33)19-25-15-16-26(43-25)21-11-7-13-23(17-21)36(39)40/h4-19,30H,3H2,1-2H3/b27-19-/t30-/m0/s1. The van der Waals surface area contributed by atoms with Crippen molar-refractivity contribution in [2.24, 2.45) is 4.99 Å². The van der Waals surface area contributed by atoms with Crippen LogP contribution in [0.25, 0.3) is 23.1 Å². The summed E-state index contributed by atoms with van der Waals surface area (Å²) in [4.78, 5) is 43.7. The molecule has 0 amide bonds. The van der Waals surface area contributed by atoms with Gasteiger partial charge in [0.25, 0.3) is 11.2 Å². The molecular weight excluding hydrogens is 582 g/mol. The largest absolute Gasteiger partial charge is 0.497 e. The van der Waals surface area contributed by atoms with Crippen LogP contribution in [-0.4, -0.2) is 29.2 Å². The van der Waals surface area contributed by atoms with Crippen LogP contribution in [-0.2, 0) is 9.53 Å². The third-order valence-electron chi connectivity index (χ3n) is 7.02. The molecule has 0 unspecified atom stereocenters. The minimum Gasteiger partial charge on any atom is -0.497 e. The maximum atomic E-state index is 14.1. The van der Waals surface area contributed by atoms with Crippen molar-refractivity contribution >= 4 is 34.8 Å². The second-order valence-corrected chi connectivity index (χ2v) is 10.7. The van der Waals surface area contributed by atoms with E-state index >= 15 is 0 Å². The summed E-state index contributed by atoms with van der Waals surface area (Å²) in [5, 5.41) is 11.2. The number of carbonyl (C=O) groups excluding carboxylic acids is 1. The molecule has 0 saturated carbocycles. The molecule has 0 aliphatic carbocycles. The molecule has 5 aromatic rings. The zero-order valence-corrected chi connectivity index (χ0v) is 24.4. The van der Waals surface area contributed by atoms with Crippen molar-refractivity contribution in [3.05, 3.63) is 143 Å². The first-order valence-electron chi connectivity index (χ1n) is 13.6. The number of furan rings is 1. The Labute approximate surface area is 254 Å². The van der Waals surface area contributed by atoms with Gasteiger partial charge in [-0.25, -0.2) is 9.79 Å². The average molecular weight is 608 g/mol. The van der Waals surface area contributed by atoms with E-state index in [1.54, 1.807) is 62.6 Å². The normalized spacial score (nSPS) is 14.6. The number of thiazole rings is 1. The lowest BCUT2D eigenvalue weighted by Crippen LogP contribution is -2.40. The lowest BCUT2D eigenvalue weighted by atomic mass is 9.93. The summed E-state index contributed by atoms with van der Waals surface area (Å²) in [6.07, 6.45) is 1.60. The maximum absolute atomic E-state index is 14.1. The summed E-state index contributed by atoms with van der Waals surface area (Å²) in [6, 6.07) is 25.1. The van der Waals surface area contributed by atoms with E-state index in [-0.39, 0.29) is 23.4 Å². The molecule has 1 atom stereocenters. The molecule has 0 saturated heterocycles. The number of aromatic nitrogens is 1. The van der Waals surface area contributed by atoms with Gasteiger partial charge in [-0.05, 0) is 36.8 Å². The number of nitrogens with zero attached hydrogens (tertiary/aromatic N) is 3. The molecule has 0 radical (unpaired) electrons. The molecule has 220 valence electrons. The molecule has 3 heterocycles. The van der Waals surface area contributed by atoms with Crippen LogP contribution < -0.4 is 19.6 Å². The van der Waals surface area contributed by atoms with Crippen LogP contribution in [0, 0.1) is 10.1 Å². The Morgan fingerprint density at radius 3 is 2.57 bits per heavy atom. The second-order valence-electron chi connectivity index (χ2n) is 9.72. The highest BCUT2D eigenvalue weighted by Crippen LogP contribution is 2.36. The molecule has 0 N–H and O–H groups in total. The van der Waals surface area contributed by atoms with Crippen molar-refractivity contribution in [3.8, 4) is 17.1 Å². The van der Waals surface area contributed by atoms with Gasteiger partial charge in [0.2, 0.25) is 0 Å². The molecule has 44 heavy (non-hydrogen) atoms. The molecule has 0 bridgehead atoms. The molecule has 6 rings (SSSR count). The maximum Gasteiger partial charge on any atom is 0.338 e. The minimum absolute atomic E-state index is 0.0575. The number of ether oxygens (including phenoxy) is 2. The fourth-order valence-corrected chi connectivity index (χ4v) is 6.04. The van der Waals surface area contributed by atoms with Crippen molar-refractivity contribution in [2.45, 2.75) is 13.0 Å². The van der Waals surface area contributed by atoms with E-state index in [4.69, 9.17) is 18.9 Å². The van der Waals surface area contributed by atoms with Gasteiger partial charge in [-0.2, -0.15) is 0 Å². The highest BCUT2D eigenvalue weighted by atomic mass is 32.1. The molecule has 11 heteroatoms. The molecule has 0 fully saturated rings. The van der Waals surface area contributed by atoms with E-state index in [0.29, 0.717) is 49.0 Å². The highest BCUT2D eigenvalue weighted by molar-refractivity contribution is 7.07. The van der Waals surface area contributed by atoms with Gasteiger partial charge in [0, 0.05) is 29.3 Å². The number of nitro groups is 1. The Kier molecular flexibility index (Phi) is 7.78. The number of rotatable bonds is 8. The Balaban J connectivity index is 1.55. The molecular formula is C33H25N3O7S. The SMILES string of the molecule is CCOC(=O)C1=C(c2ccccc2)N=c2s/c(=C\c3ccc(-c4cccc([N+](=O)[O-])c4)o3)c(=O)n2[C@H]1c1cccc(OC)c1. The number of esters is 1. The number of fused-ring (bicyclic) bond motifs is 1. The quantitative estimate of drug-likeness (QED) is 0.136.